The summed E-state index contributed by atoms with van der Waals surface area (Å²) in [5, 5.41) is 14.4. The zero-order chi connectivity index (χ0) is 41.1. The first-order valence-corrected chi connectivity index (χ1v) is 19.9. The molecule has 4 aromatic rings. The first-order chi connectivity index (χ1) is 27.9. The summed E-state index contributed by atoms with van der Waals surface area (Å²) < 4.78 is 17.1. The molecule has 4 amide bonds. The maximum Gasteiger partial charge on any atom is 0.407 e. The first-order valence-electron chi connectivity index (χ1n) is 19.9. The van der Waals surface area contributed by atoms with Gasteiger partial charge in [0.05, 0.1) is 50.3 Å². The number of rotatable bonds is 11. The molecule has 0 saturated carbocycles. The molecule has 0 radical (unpaired) electrons. The first kappa shape index (κ1) is 40.5. The summed E-state index contributed by atoms with van der Waals surface area (Å²) in [6.45, 7) is 9.21. The number of aromatic nitrogens is 4. The number of hydrogen-bond donors (Lipinski definition) is 5. The molecule has 7 rings (SSSR count). The number of aromatic amines is 2. The fourth-order valence-electron chi connectivity index (χ4n) is 8.14. The molecule has 16 heteroatoms. The molecular formula is C42H52N8O8. The van der Waals surface area contributed by atoms with Gasteiger partial charge in [0.2, 0.25) is 11.8 Å². The van der Waals surface area contributed by atoms with Crippen LogP contribution in [0.5, 0.6) is 0 Å². The molecule has 16 nitrogen and oxygen atoms in total. The van der Waals surface area contributed by atoms with Gasteiger partial charge in [-0.3, -0.25) is 9.59 Å². The van der Waals surface area contributed by atoms with E-state index in [4.69, 9.17) is 24.2 Å². The van der Waals surface area contributed by atoms with Gasteiger partial charge in [-0.25, -0.2) is 19.6 Å². The van der Waals surface area contributed by atoms with Gasteiger partial charge in [-0.05, 0) is 42.2 Å². The highest BCUT2D eigenvalue weighted by atomic mass is 16.7. The van der Waals surface area contributed by atoms with E-state index >= 15 is 0 Å². The molecule has 0 aliphatic carbocycles. The normalized spacial score (nSPS) is 20.1. The molecule has 3 aliphatic heterocycles. The van der Waals surface area contributed by atoms with E-state index < -0.39 is 36.1 Å². The van der Waals surface area contributed by atoms with Crippen LogP contribution in [0.4, 0.5) is 9.59 Å². The number of methoxy groups -OCH3 is 1. The molecule has 4 atom stereocenters. The minimum atomic E-state index is -1.22. The predicted octanol–water partition coefficient (Wildman–Crippen LogP) is 5.88. The lowest BCUT2D eigenvalue weighted by Crippen LogP contribution is -2.52. The predicted molar refractivity (Wildman–Crippen MR) is 213 cm³/mol. The SMILES string of the molecule is COC(=O)NC(C(=O)N1CC2(C[C@H]1c1nc(-c3ccc(-c4ccc(-c5c[nH]c([C@@H]6CCCN6C(=O)C(NC(=O)O)C(C)C)n5)cc4)cc3)c[nH]1)OCCCO2)C(C)C. The quantitative estimate of drug-likeness (QED) is 0.122. The van der Waals surface area contributed by atoms with Crippen molar-refractivity contribution in [3.05, 3.63) is 72.6 Å². The fraction of sp³-hybridized carbons (Fsp3) is 0.476. The Morgan fingerprint density at radius 2 is 1.26 bits per heavy atom. The second-order valence-electron chi connectivity index (χ2n) is 15.9. The van der Waals surface area contributed by atoms with Crippen LogP contribution in [-0.2, 0) is 23.8 Å². The van der Waals surface area contributed by atoms with Gasteiger partial charge in [0, 0.05) is 36.5 Å². The number of benzene rings is 2. The smallest absolute Gasteiger partial charge is 0.407 e. The van der Waals surface area contributed by atoms with Crippen LogP contribution in [-0.4, -0.2) is 110 Å². The number of alkyl carbamates (subject to hydrolysis) is 1. The highest BCUT2D eigenvalue weighted by Crippen LogP contribution is 2.42. The summed E-state index contributed by atoms with van der Waals surface area (Å²) in [4.78, 5) is 70.7. The Bertz CT molecular complexity index is 2090. The number of H-pyrrole nitrogens is 2. The monoisotopic (exact) mass is 796 g/mol. The third kappa shape index (κ3) is 8.43. The number of nitrogens with one attached hydrogen (secondary N) is 4. The van der Waals surface area contributed by atoms with Gasteiger partial charge in [-0.1, -0.05) is 76.2 Å². The van der Waals surface area contributed by atoms with Crippen molar-refractivity contribution in [3.63, 3.8) is 0 Å². The van der Waals surface area contributed by atoms with E-state index in [1.54, 1.807) is 9.80 Å². The van der Waals surface area contributed by atoms with E-state index in [-0.39, 0.29) is 36.2 Å². The molecule has 3 saturated heterocycles. The van der Waals surface area contributed by atoms with Crippen LogP contribution < -0.4 is 10.6 Å². The Balaban J connectivity index is 1.04. The van der Waals surface area contributed by atoms with E-state index in [9.17, 15) is 24.3 Å². The van der Waals surface area contributed by atoms with E-state index in [1.807, 2.05) is 88.6 Å². The highest BCUT2D eigenvalue weighted by Gasteiger charge is 2.52. The van der Waals surface area contributed by atoms with Crippen LogP contribution in [0.15, 0.2) is 60.9 Å². The number of carboxylic acid groups (broad SMARTS) is 1. The third-order valence-corrected chi connectivity index (χ3v) is 11.3. The van der Waals surface area contributed by atoms with Gasteiger partial charge in [0.15, 0.2) is 5.79 Å². The number of likely N-dealkylation sites (tertiary alicyclic amines) is 2. The van der Waals surface area contributed by atoms with Crippen molar-refractivity contribution >= 4 is 24.0 Å². The lowest BCUT2D eigenvalue weighted by Gasteiger charge is -2.34. The lowest BCUT2D eigenvalue weighted by molar-refractivity contribution is -0.257. The van der Waals surface area contributed by atoms with Crippen molar-refractivity contribution in [2.75, 3.05) is 33.4 Å². The maximum atomic E-state index is 14.0. The third-order valence-electron chi connectivity index (χ3n) is 11.3. The molecule has 5 heterocycles. The zero-order valence-corrected chi connectivity index (χ0v) is 33.5. The zero-order valence-electron chi connectivity index (χ0n) is 33.5. The number of nitrogens with zero attached hydrogens (tertiary/aromatic N) is 4. The van der Waals surface area contributed by atoms with Crippen molar-refractivity contribution in [1.82, 2.24) is 40.4 Å². The largest absolute Gasteiger partial charge is 0.465 e. The molecule has 308 valence electrons. The summed E-state index contributed by atoms with van der Waals surface area (Å²) in [6.07, 6.45) is 4.49. The van der Waals surface area contributed by atoms with Gasteiger partial charge in [0.1, 0.15) is 23.7 Å². The van der Waals surface area contributed by atoms with Crippen molar-refractivity contribution < 1.29 is 38.5 Å². The van der Waals surface area contributed by atoms with Gasteiger partial charge >= 0.3 is 12.2 Å². The Labute approximate surface area is 337 Å². The summed E-state index contributed by atoms with van der Waals surface area (Å²) >= 11 is 0. The Morgan fingerprint density at radius 3 is 1.78 bits per heavy atom. The van der Waals surface area contributed by atoms with Crippen LogP contribution in [0.25, 0.3) is 33.6 Å². The van der Waals surface area contributed by atoms with Crippen LogP contribution in [0.2, 0.25) is 0 Å². The molecular weight excluding hydrogens is 745 g/mol. The summed E-state index contributed by atoms with van der Waals surface area (Å²) in [6, 6.07) is 13.8. The van der Waals surface area contributed by atoms with Crippen LogP contribution in [0, 0.1) is 11.8 Å². The minimum Gasteiger partial charge on any atom is -0.465 e. The van der Waals surface area contributed by atoms with Gasteiger partial charge in [-0.15, -0.1) is 0 Å². The van der Waals surface area contributed by atoms with Crippen LogP contribution in [0.3, 0.4) is 0 Å². The standard InChI is InChI=1S/C42H52N8O8/c1-24(2)34(47-40(53)54)38(51)49-17-6-8-32(49)36-43-21-30(45-36)28-13-9-26(10-14-28)27-11-15-29(16-12-27)31-22-44-37(46-31)33-20-42(57-18-7-19-58-42)23-50(33)39(52)35(25(3)4)48-41(55)56-5/h9-16,21-22,24-25,32-35,47H,6-8,17-20,23H2,1-5H3,(H,43,45)(H,44,46)(H,48,55)(H,53,54)/t32-,33-,34?,35?/m0/s1. The molecule has 2 aromatic carbocycles. The van der Waals surface area contributed by atoms with E-state index in [0.29, 0.717) is 37.8 Å². The molecule has 2 aromatic heterocycles. The van der Waals surface area contributed by atoms with Crippen molar-refractivity contribution in [3.8, 4) is 33.6 Å². The van der Waals surface area contributed by atoms with Gasteiger partial charge in [0.25, 0.3) is 0 Å². The number of carbonyl (C=O) groups excluding carboxylic acids is 3. The summed E-state index contributed by atoms with van der Waals surface area (Å²) in [7, 11) is 1.27. The van der Waals surface area contributed by atoms with Crippen molar-refractivity contribution in [2.45, 2.75) is 83.3 Å². The van der Waals surface area contributed by atoms with Gasteiger partial charge < -0.3 is 49.7 Å². The number of ether oxygens (including phenoxy) is 3. The second-order valence-corrected chi connectivity index (χ2v) is 15.9. The maximum absolute atomic E-state index is 14.0. The Kier molecular flexibility index (Phi) is 11.9. The van der Waals surface area contributed by atoms with Crippen LogP contribution in [0.1, 0.15) is 77.1 Å². The molecule has 3 aliphatic rings. The van der Waals surface area contributed by atoms with E-state index in [1.165, 1.54) is 7.11 Å². The number of carbonyl (C=O) groups is 4. The summed E-state index contributed by atoms with van der Waals surface area (Å²) in [5.74, 6) is -0.567. The highest BCUT2D eigenvalue weighted by molar-refractivity contribution is 5.87. The minimum absolute atomic E-state index is 0.194. The van der Waals surface area contributed by atoms with Crippen molar-refractivity contribution in [2.24, 2.45) is 11.8 Å². The molecule has 1 spiro atoms. The number of amides is 4. The van der Waals surface area contributed by atoms with Crippen LogP contribution >= 0.6 is 0 Å². The number of imidazole rings is 2. The topological polar surface area (TPSA) is 204 Å². The molecule has 2 unspecified atom stereocenters. The molecule has 58 heavy (non-hydrogen) atoms. The average Bonchev–Trinajstić information content (AvgIpc) is 4.05. The Hall–Kier alpha value is -5.74. The van der Waals surface area contributed by atoms with Gasteiger partial charge in [-0.2, -0.15) is 0 Å². The Morgan fingerprint density at radius 1 is 0.759 bits per heavy atom. The summed E-state index contributed by atoms with van der Waals surface area (Å²) in [5.41, 5.74) is 5.32. The van der Waals surface area contributed by atoms with E-state index in [2.05, 4.69) is 20.6 Å². The molecule has 3 fully saturated rings. The molecule has 5 N–H and O–H groups in total. The second kappa shape index (κ2) is 17.0. The fourth-order valence-corrected chi connectivity index (χ4v) is 8.14. The van der Waals surface area contributed by atoms with E-state index in [0.717, 1.165) is 52.9 Å². The average molecular weight is 797 g/mol. The number of hydrogen-bond acceptors (Lipinski definition) is 9. The van der Waals surface area contributed by atoms with Crippen molar-refractivity contribution in [1.29, 1.82) is 0 Å². The molecule has 0 bridgehead atoms. The lowest BCUT2D eigenvalue weighted by atomic mass is 10.0.